The smallest absolute Gasteiger partial charge is 0.0483 e. The Morgan fingerprint density at radius 1 is 1.33 bits per heavy atom. The quantitative estimate of drug-likeness (QED) is 0.419. The number of allylic oxidation sites excluding steroid dienone is 1. The average Bonchev–Trinajstić information content (AvgIpc) is 1.62. The summed E-state index contributed by atoms with van der Waals surface area (Å²) in [6.07, 6.45) is 1.16. The van der Waals surface area contributed by atoms with E-state index in [9.17, 15) is 0 Å². The van der Waals surface area contributed by atoms with Gasteiger partial charge in [0.05, 0.1) is 0 Å². The third kappa shape index (κ3) is 5.83. The van der Waals surface area contributed by atoms with Crippen LogP contribution in [0.3, 0.4) is 0 Å². The largest absolute Gasteiger partial charge is 0.100 e. The second-order valence-corrected chi connectivity index (χ2v) is 9.32. The first-order chi connectivity index (χ1) is 3.95. The molecule has 0 atom stereocenters. The molecule has 0 N–H and O–H groups in total. The van der Waals surface area contributed by atoms with E-state index < -0.39 is 8.07 Å². The second kappa shape index (κ2) is 3.21. The molecule has 0 aromatic carbocycles. The summed E-state index contributed by atoms with van der Waals surface area (Å²) in [6, 6.07) is 1.30. The summed E-state index contributed by atoms with van der Waals surface area (Å²) in [6.45, 7) is 13.3. The molecule has 0 rings (SSSR count). The van der Waals surface area contributed by atoms with Crippen LogP contribution in [0.4, 0.5) is 0 Å². The van der Waals surface area contributed by atoms with Gasteiger partial charge in [-0.1, -0.05) is 32.1 Å². The van der Waals surface area contributed by atoms with Crippen molar-refractivity contribution in [3.8, 4) is 0 Å². The molecule has 0 spiro atoms. The van der Waals surface area contributed by atoms with E-state index in [1.165, 1.54) is 11.6 Å². The molecule has 0 bridgehead atoms. The van der Waals surface area contributed by atoms with Gasteiger partial charge in [0, 0.05) is 8.07 Å². The lowest BCUT2D eigenvalue weighted by Gasteiger charge is -2.15. The second-order valence-electron chi connectivity index (χ2n) is 3.84. The Morgan fingerprint density at radius 2 is 1.78 bits per heavy atom. The highest BCUT2D eigenvalue weighted by Gasteiger charge is 2.12. The highest BCUT2D eigenvalue weighted by molar-refractivity contribution is 6.76. The molecule has 0 aliphatic heterocycles. The van der Waals surface area contributed by atoms with Gasteiger partial charge in [-0.05, 0) is 12.5 Å². The standard InChI is InChI=1S/C8H18Si/c1-6-8(2)7-9(3,4)5/h2,6-7H2,1,3-5H3. The molecule has 54 valence electrons. The zero-order chi connectivity index (χ0) is 7.49. The van der Waals surface area contributed by atoms with E-state index in [0.29, 0.717) is 0 Å². The van der Waals surface area contributed by atoms with Gasteiger partial charge in [0.1, 0.15) is 0 Å². The molecule has 0 aliphatic rings. The van der Waals surface area contributed by atoms with Crippen LogP contribution in [0.15, 0.2) is 12.2 Å². The number of rotatable bonds is 3. The minimum atomic E-state index is -0.841. The van der Waals surface area contributed by atoms with E-state index in [-0.39, 0.29) is 0 Å². The molecule has 1 heteroatoms. The lowest BCUT2D eigenvalue weighted by Crippen LogP contribution is -2.19. The van der Waals surface area contributed by atoms with E-state index in [2.05, 4.69) is 33.1 Å². The summed E-state index contributed by atoms with van der Waals surface area (Å²) >= 11 is 0. The van der Waals surface area contributed by atoms with Gasteiger partial charge in [-0.2, -0.15) is 0 Å². The zero-order valence-electron chi connectivity index (χ0n) is 7.12. The molecule has 0 amide bonds. The van der Waals surface area contributed by atoms with Crippen molar-refractivity contribution in [3.05, 3.63) is 12.2 Å². The fourth-order valence-corrected chi connectivity index (χ4v) is 2.62. The van der Waals surface area contributed by atoms with Crippen molar-refractivity contribution in [2.45, 2.75) is 39.0 Å². The summed E-state index contributed by atoms with van der Waals surface area (Å²) in [5, 5.41) is 0. The predicted octanol–water partition coefficient (Wildman–Crippen LogP) is 3.29. The van der Waals surface area contributed by atoms with E-state index >= 15 is 0 Å². The summed E-state index contributed by atoms with van der Waals surface area (Å²) in [5.74, 6) is 0. The highest BCUT2D eigenvalue weighted by atomic mass is 28.3. The molecule has 0 fully saturated rings. The van der Waals surface area contributed by atoms with Crippen LogP contribution in [0.2, 0.25) is 25.7 Å². The Bertz CT molecular complexity index is 97.6. The monoisotopic (exact) mass is 142 g/mol. The Labute approximate surface area is 60.0 Å². The van der Waals surface area contributed by atoms with Crippen molar-refractivity contribution in [1.82, 2.24) is 0 Å². The number of hydrogen-bond acceptors (Lipinski definition) is 0. The molecule has 0 aromatic rings. The molecule has 9 heavy (non-hydrogen) atoms. The van der Waals surface area contributed by atoms with Crippen molar-refractivity contribution >= 4 is 8.07 Å². The fourth-order valence-electron chi connectivity index (χ4n) is 0.875. The van der Waals surface area contributed by atoms with Crippen molar-refractivity contribution in [2.24, 2.45) is 0 Å². The first kappa shape index (κ1) is 8.96. The molecule has 0 unspecified atom stereocenters. The first-order valence-corrected chi connectivity index (χ1v) is 7.33. The maximum Gasteiger partial charge on any atom is 0.0483 e. The number of hydrogen-bond donors (Lipinski definition) is 0. The van der Waals surface area contributed by atoms with Crippen LogP contribution in [0.1, 0.15) is 13.3 Å². The van der Waals surface area contributed by atoms with Gasteiger partial charge >= 0.3 is 0 Å². The van der Waals surface area contributed by atoms with Gasteiger partial charge in [0.25, 0.3) is 0 Å². The van der Waals surface area contributed by atoms with Gasteiger partial charge < -0.3 is 0 Å². The van der Waals surface area contributed by atoms with Crippen LogP contribution < -0.4 is 0 Å². The van der Waals surface area contributed by atoms with Crippen LogP contribution in [-0.4, -0.2) is 8.07 Å². The van der Waals surface area contributed by atoms with Crippen LogP contribution in [0.5, 0.6) is 0 Å². The summed E-state index contributed by atoms with van der Waals surface area (Å²) in [4.78, 5) is 0. The maximum absolute atomic E-state index is 3.99. The Kier molecular flexibility index (Phi) is 3.19. The highest BCUT2D eigenvalue weighted by Crippen LogP contribution is 2.16. The van der Waals surface area contributed by atoms with Crippen molar-refractivity contribution in [2.75, 3.05) is 0 Å². The summed E-state index contributed by atoms with van der Waals surface area (Å²) in [5.41, 5.74) is 1.43. The lowest BCUT2D eigenvalue weighted by atomic mass is 10.3. The fraction of sp³-hybridized carbons (Fsp3) is 0.750. The first-order valence-electron chi connectivity index (χ1n) is 3.62. The Balaban J connectivity index is 3.60. The predicted molar refractivity (Wildman–Crippen MR) is 47.6 cm³/mol. The molecule has 0 radical (unpaired) electrons. The molecule has 0 heterocycles. The van der Waals surface area contributed by atoms with Crippen LogP contribution >= 0.6 is 0 Å². The minimum Gasteiger partial charge on any atom is -0.100 e. The van der Waals surface area contributed by atoms with Crippen molar-refractivity contribution in [3.63, 3.8) is 0 Å². The topological polar surface area (TPSA) is 0 Å². The lowest BCUT2D eigenvalue weighted by molar-refractivity contribution is 1.09. The summed E-state index contributed by atoms with van der Waals surface area (Å²) in [7, 11) is -0.841. The Morgan fingerprint density at radius 3 is 1.89 bits per heavy atom. The van der Waals surface area contributed by atoms with Crippen molar-refractivity contribution < 1.29 is 0 Å². The van der Waals surface area contributed by atoms with Crippen LogP contribution in [0.25, 0.3) is 0 Å². The van der Waals surface area contributed by atoms with E-state index in [1.807, 2.05) is 0 Å². The maximum atomic E-state index is 3.99. The van der Waals surface area contributed by atoms with Gasteiger partial charge in [-0.25, -0.2) is 0 Å². The molecule has 0 aliphatic carbocycles. The molecular formula is C8H18Si. The van der Waals surface area contributed by atoms with Gasteiger partial charge in [0.15, 0.2) is 0 Å². The average molecular weight is 142 g/mol. The summed E-state index contributed by atoms with van der Waals surface area (Å²) < 4.78 is 0. The third-order valence-corrected chi connectivity index (χ3v) is 2.84. The SMILES string of the molecule is C=C(CC)C[Si](C)(C)C. The van der Waals surface area contributed by atoms with E-state index in [1.54, 1.807) is 0 Å². The zero-order valence-corrected chi connectivity index (χ0v) is 8.12. The van der Waals surface area contributed by atoms with Gasteiger partial charge in [-0.3, -0.25) is 0 Å². The molecule has 0 saturated carbocycles. The van der Waals surface area contributed by atoms with Gasteiger partial charge in [-0.15, -0.1) is 6.58 Å². The van der Waals surface area contributed by atoms with Gasteiger partial charge in [0.2, 0.25) is 0 Å². The molecule has 0 nitrogen and oxygen atoms in total. The normalized spacial score (nSPS) is 11.6. The third-order valence-electron chi connectivity index (χ3n) is 1.28. The Hall–Kier alpha value is -0.0431. The molecule has 0 aromatic heterocycles. The molecule has 0 saturated heterocycles. The van der Waals surface area contributed by atoms with Crippen LogP contribution in [0, 0.1) is 0 Å². The molecular weight excluding hydrogens is 124 g/mol. The van der Waals surface area contributed by atoms with Crippen molar-refractivity contribution in [1.29, 1.82) is 0 Å². The van der Waals surface area contributed by atoms with Crippen LogP contribution in [-0.2, 0) is 0 Å². The van der Waals surface area contributed by atoms with E-state index in [0.717, 1.165) is 6.42 Å². The minimum absolute atomic E-state index is 0.841. The van der Waals surface area contributed by atoms with E-state index in [4.69, 9.17) is 0 Å².